The van der Waals surface area contributed by atoms with Crippen LogP contribution in [0.2, 0.25) is 0 Å². The molecule has 0 spiro atoms. The largest absolute Gasteiger partial charge is 0.497 e. The molecule has 6 heteroatoms. The Morgan fingerprint density at radius 2 is 1.97 bits per heavy atom. The van der Waals surface area contributed by atoms with Gasteiger partial charge in [-0.25, -0.2) is 4.79 Å². The maximum atomic E-state index is 12.3. The fourth-order valence-corrected chi connectivity index (χ4v) is 4.22. The van der Waals surface area contributed by atoms with Crippen LogP contribution >= 0.6 is 0 Å². The van der Waals surface area contributed by atoms with E-state index in [1.807, 2.05) is 55.6 Å². The fourth-order valence-electron chi connectivity index (χ4n) is 4.22. The quantitative estimate of drug-likeness (QED) is 0.519. The van der Waals surface area contributed by atoms with Crippen LogP contribution in [0.1, 0.15) is 16.8 Å². The number of fused-ring (bicyclic) bond motifs is 2. The number of hydrogen-bond donors (Lipinski definition) is 1. The Bertz CT molecular complexity index is 1300. The number of aromatic nitrogens is 1. The number of quaternary nitrogens is 1. The Balaban J connectivity index is 1.58. The number of pyridine rings is 1. The predicted octanol–water partition coefficient (Wildman–Crippen LogP) is 3.11. The molecule has 0 saturated heterocycles. The van der Waals surface area contributed by atoms with Gasteiger partial charge in [0.1, 0.15) is 30.2 Å². The van der Waals surface area contributed by atoms with Crippen molar-refractivity contribution in [2.75, 3.05) is 13.8 Å². The van der Waals surface area contributed by atoms with E-state index in [1.54, 1.807) is 13.2 Å². The summed E-state index contributed by atoms with van der Waals surface area (Å²) < 4.78 is 17.0. The molecule has 0 fully saturated rings. The Hall–Kier alpha value is -3.64. The first-order valence-corrected chi connectivity index (χ1v) is 10.2. The van der Waals surface area contributed by atoms with Crippen molar-refractivity contribution >= 4 is 11.0 Å². The van der Waals surface area contributed by atoms with E-state index in [0.29, 0.717) is 12.3 Å². The van der Waals surface area contributed by atoms with Crippen molar-refractivity contribution < 1.29 is 18.8 Å². The molecule has 1 atom stereocenters. The second-order valence-electron chi connectivity index (χ2n) is 7.79. The molecule has 2 aromatic heterocycles. The van der Waals surface area contributed by atoms with Gasteiger partial charge >= 0.3 is 5.63 Å². The minimum absolute atomic E-state index is 0.375. The number of methoxy groups -OCH3 is 1. The molecule has 3 heterocycles. The molecule has 1 aliphatic rings. The molecule has 4 aromatic rings. The van der Waals surface area contributed by atoms with Gasteiger partial charge in [0.2, 0.25) is 6.73 Å². The Morgan fingerprint density at radius 3 is 2.71 bits per heavy atom. The molecule has 1 unspecified atom stereocenters. The average Bonchev–Trinajstić information content (AvgIpc) is 2.80. The highest BCUT2D eigenvalue weighted by atomic mass is 16.5. The van der Waals surface area contributed by atoms with Crippen LogP contribution in [0.15, 0.2) is 70.0 Å². The Morgan fingerprint density at radius 1 is 1.13 bits per heavy atom. The smallest absolute Gasteiger partial charge is 0.336 e. The highest BCUT2D eigenvalue weighted by Gasteiger charge is 2.26. The maximum absolute atomic E-state index is 12.3. The zero-order chi connectivity index (χ0) is 21.4. The number of rotatable bonds is 4. The van der Waals surface area contributed by atoms with E-state index in [9.17, 15) is 4.79 Å². The number of ether oxygens (including phenoxy) is 2. The van der Waals surface area contributed by atoms with Gasteiger partial charge in [-0.15, -0.1) is 0 Å². The van der Waals surface area contributed by atoms with Crippen molar-refractivity contribution in [1.82, 2.24) is 4.98 Å². The van der Waals surface area contributed by atoms with Crippen LogP contribution < -0.4 is 20.0 Å². The van der Waals surface area contributed by atoms with Gasteiger partial charge in [-0.05, 0) is 48.4 Å². The molecule has 31 heavy (non-hydrogen) atoms. The molecule has 0 amide bonds. The van der Waals surface area contributed by atoms with E-state index in [4.69, 9.17) is 13.9 Å². The van der Waals surface area contributed by atoms with E-state index in [-0.39, 0.29) is 5.63 Å². The van der Waals surface area contributed by atoms with Gasteiger partial charge in [0.05, 0.1) is 12.8 Å². The van der Waals surface area contributed by atoms with Crippen molar-refractivity contribution in [3.8, 4) is 22.6 Å². The highest BCUT2D eigenvalue weighted by Crippen LogP contribution is 2.36. The summed E-state index contributed by atoms with van der Waals surface area (Å²) in [5.74, 6) is 1.58. The lowest BCUT2D eigenvalue weighted by Gasteiger charge is -2.27. The summed E-state index contributed by atoms with van der Waals surface area (Å²) in [7, 11) is 1.64. The minimum atomic E-state index is -0.375. The summed E-state index contributed by atoms with van der Waals surface area (Å²) >= 11 is 0. The third kappa shape index (κ3) is 3.66. The number of nitrogens with zero attached hydrogens (tertiary/aromatic N) is 1. The summed E-state index contributed by atoms with van der Waals surface area (Å²) in [5, 5.41) is 0.906. The van der Waals surface area contributed by atoms with Gasteiger partial charge in [-0.1, -0.05) is 18.2 Å². The lowest BCUT2D eigenvalue weighted by Crippen LogP contribution is -3.11. The van der Waals surface area contributed by atoms with E-state index in [2.05, 4.69) is 11.1 Å². The predicted molar refractivity (Wildman–Crippen MR) is 117 cm³/mol. The standard InChI is InChI=1S/C25H22N2O4/c1-16-24-18(13-27(15-30-24)14-19-5-3-4-10-26-19)11-22-21(12-23(28)31-25(16)22)17-6-8-20(29-2)9-7-17/h3-12H,13-15H2,1-2H3/p+1. The first kappa shape index (κ1) is 19.3. The van der Waals surface area contributed by atoms with Crippen LogP contribution in [-0.2, 0) is 13.1 Å². The first-order chi connectivity index (χ1) is 15.1. The van der Waals surface area contributed by atoms with Crippen LogP contribution in [0.3, 0.4) is 0 Å². The van der Waals surface area contributed by atoms with Gasteiger partial charge < -0.3 is 13.9 Å². The van der Waals surface area contributed by atoms with E-state index in [0.717, 1.165) is 57.9 Å². The monoisotopic (exact) mass is 415 g/mol. The number of benzene rings is 2. The summed E-state index contributed by atoms with van der Waals surface area (Å²) in [5.41, 5.74) is 4.98. The lowest BCUT2D eigenvalue weighted by atomic mass is 9.97. The van der Waals surface area contributed by atoms with Gasteiger partial charge in [-0.3, -0.25) is 9.88 Å². The van der Waals surface area contributed by atoms with Crippen LogP contribution in [0.4, 0.5) is 0 Å². The second-order valence-corrected chi connectivity index (χ2v) is 7.79. The molecule has 1 aliphatic heterocycles. The molecule has 0 aliphatic carbocycles. The molecule has 6 nitrogen and oxygen atoms in total. The molecule has 5 rings (SSSR count). The summed E-state index contributed by atoms with van der Waals surface area (Å²) in [6.07, 6.45) is 1.81. The lowest BCUT2D eigenvalue weighted by molar-refractivity contribution is -0.946. The van der Waals surface area contributed by atoms with Gasteiger partial charge in [-0.2, -0.15) is 0 Å². The normalized spacial score (nSPS) is 15.4. The van der Waals surface area contributed by atoms with E-state index in [1.165, 1.54) is 4.90 Å². The van der Waals surface area contributed by atoms with Crippen molar-refractivity contribution in [3.63, 3.8) is 0 Å². The third-order valence-corrected chi connectivity index (χ3v) is 5.71. The van der Waals surface area contributed by atoms with E-state index >= 15 is 0 Å². The number of aryl methyl sites for hydroxylation is 1. The molecule has 1 N–H and O–H groups in total. The topological polar surface area (TPSA) is 66.0 Å². The number of nitrogens with one attached hydrogen (secondary N) is 1. The Kier molecular flexibility index (Phi) is 4.92. The van der Waals surface area contributed by atoms with Crippen LogP contribution in [0.5, 0.6) is 11.5 Å². The van der Waals surface area contributed by atoms with Crippen molar-refractivity contribution in [2.24, 2.45) is 0 Å². The molecule has 0 saturated carbocycles. The maximum Gasteiger partial charge on any atom is 0.336 e. The number of hydrogen-bond acceptors (Lipinski definition) is 5. The van der Waals surface area contributed by atoms with Crippen LogP contribution in [0, 0.1) is 6.92 Å². The molecular weight excluding hydrogens is 392 g/mol. The molecule has 0 bridgehead atoms. The second kappa shape index (κ2) is 7.89. The molecule has 0 radical (unpaired) electrons. The fraction of sp³-hybridized carbons (Fsp3) is 0.200. The molecule has 2 aromatic carbocycles. The van der Waals surface area contributed by atoms with Gasteiger partial charge in [0.25, 0.3) is 0 Å². The summed E-state index contributed by atoms with van der Waals surface area (Å²) in [6, 6.07) is 17.3. The summed E-state index contributed by atoms with van der Waals surface area (Å²) in [4.78, 5) is 18.0. The molecular formula is C25H23N2O4+. The molecule has 156 valence electrons. The third-order valence-electron chi connectivity index (χ3n) is 5.71. The van der Waals surface area contributed by atoms with Crippen molar-refractivity contribution in [3.05, 3.63) is 88.0 Å². The minimum Gasteiger partial charge on any atom is -0.497 e. The first-order valence-electron chi connectivity index (χ1n) is 10.2. The zero-order valence-corrected chi connectivity index (χ0v) is 17.5. The van der Waals surface area contributed by atoms with Crippen LogP contribution in [0.25, 0.3) is 22.1 Å². The van der Waals surface area contributed by atoms with Crippen LogP contribution in [-0.4, -0.2) is 18.8 Å². The summed E-state index contributed by atoms with van der Waals surface area (Å²) in [6.45, 7) is 4.08. The SMILES string of the molecule is COc1ccc(-c2cc(=O)oc3c(C)c4c(cc23)C[NH+](Cc2ccccn2)CO4)cc1. The van der Waals surface area contributed by atoms with Crippen molar-refractivity contribution in [2.45, 2.75) is 20.0 Å². The van der Waals surface area contributed by atoms with Gasteiger partial charge in [0, 0.05) is 28.8 Å². The van der Waals surface area contributed by atoms with Crippen molar-refractivity contribution in [1.29, 1.82) is 0 Å². The zero-order valence-electron chi connectivity index (χ0n) is 17.5. The Labute approximate surface area is 179 Å². The highest BCUT2D eigenvalue weighted by molar-refractivity contribution is 5.96. The van der Waals surface area contributed by atoms with E-state index < -0.39 is 0 Å². The van der Waals surface area contributed by atoms with Gasteiger partial charge in [0.15, 0.2) is 0 Å². The average molecular weight is 415 g/mol.